The van der Waals surface area contributed by atoms with Crippen molar-refractivity contribution in [1.82, 2.24) is 15.2 Å². The van der Waals surface area contributed by atoms with Crippen molar-refractivity contribution in [2.75, 3.05) is 26.2 Å². The van der Waals surface area contributed by atoms with Crippen LogP contribution in [0, 0.1) is 6.92 Å². The molecule has 1 amide bonds. The first-order chi connectivity index (χ1) is 13.2. The molecule has 4 nitrogen and oxygen atoms in total. The number of pyridine rings is 1. The number of amides is 1. The van der Waals surface area contributed by atoms with Crippen molar-refractivity contribution in [3.63, 3.8) is 0 Å². The van der Waals surface area contributed by atoms with Gasteiger partial charge in [-0.3, -0.25) is 4.79 Å². The number of nitrogens with zero attached hydrogens (tertiary/aromatic N) is 2. The van der Waals surface area contributed by atoms with Gasteiger partial charge in [0.15, 0.2) is 0 Å². The van der Waals surface area contributed by atoms with Gasteiger partial charge in [0, 0.05) is 29.4 Å². The molecule has 0 bridgehead atoms. The van der Waals surface area contributed by atoms with Gasteiger partial charge < -0.3 is 10.2 Å². The summed E-state index contributed by atoms with van der Waals surface area (Å²) in [6.07, 6.45) is 3.87. The Morgan fingerprint density at radius 3 is 2.81 bits per heavy atom. The summed E-state index contributed by atoms with van der Waals surface area (Å²) in [5.74, 6) is -0.0125. The molecule has 0 atom stereocenters. The minimum Gasteiger partial charge on any atom is -0.351 e. The molecule has 0 aliphatic carbocycles. The zero-order valence-electron chi connectivity index (χ0n) is 15.7. The lowest BCUT2D eigenvalue weighted by molar-refractivity contribution is 0.0948. The molecule has 1 aliphatic rings. The van der Waals surface area contributed by atoms with Gasteiger partial charge in [-0.2, -0.15) is 11.3 Å². The molecule has 5 heteroatoms. The Bertz CT molecular complexity index is 930. The van der Waals surface area contributed by atoms with E-state index < -0.39 is 0 Å². The van der Waals surface area contributed by atoms with Gasteiger partial charge in [0.1, 0.15) is 0 Å². The molecule has 4 rings (SSSR count). The fraction of sp³-hybridized carbons (Fsp3) is 0.364. The molecule has 1 aromatic carbocycles. The topological polar surface area (TPSA) is 45.2 Å². The van der Waals surface area contributed by atoms with E-state index in [1.165, 1.54) is 19.3 Å². The van der Waals surface area contributed by atoms with Crippen LogP contribution in [0.3, 0.4) is 0 Å². The first kappa shape index (κ1) is 18.1. The molecule has 1 fully saturated rings. The normalized spacial score (nSPS) is 15.1. The van der Waals surface area contributed by atoms with Crippen LogP contribution in [0.25, 0.3) is 22.2 Å². The second kappa shape index (κ2) is 8.19. The predicted octanol–water partition coefficient (Wildman–Crippen LogP) is 4.49. The molecule has 0 saturated carbocycles. The summed E-state index contributed by atoms with van der Waals surface area (Å²) in [5, 5.41) is 8.15. The van der Waals surface area contributed by atoms with Crippen molar-refractivity contribution in [3.05, 3.63) is 52.2 Å². The zero-order chi connectivity index (χ0) is 18.6. The monoisotopic (exact) mass is 379 g/mol. The van der Waals surface area contributed by atoms with Crippen LogP contribution in [0.2, 0.25) is 0 Å². The summed E-state index contributed by atoms with van der Waals surface area (Å²) >= 11 is 1.64. The quantitative estimate of drug-likeness (QED) is 0.710. The van der Waals surface area contributed by atoms with Gasteiger partial charge in [0.25, 0.3) is 5.91 Å². The maximum Gasteiger partial charge on any atom is 0.252 e. The second-order valence-corrected chi connectivity index (χ2v) is 8.03. The predicted molar refractivity (Wildman–Crippen MR) is 112 cm³/mol. The van der Waals surface area contributed by atoms with Gasteiger partial charge in [0.05, 0.1) is 16.8 Å². The fourth-order valence-corrected chi connectivity index (χ4v) is 4.34. The number of likely N-dealkylation sites (tertiary alicyclic amines) is 1. The van der Waals surface area contributed by atoms with Crippen molar-refractivity contribution in [1.29, 1.82) is 0 Å². The van der Waals surface area contributed by atoms with Crippen LogP contribution in [0.5, 0.6) is 0 Å². The van der Waals surface area contributed by atoms with Gasteiger partial charge >= 0.3 is 0 Å². The average molecular weight is 380 g/mol. The van der Waals surface area contributed by atoms with Crippen LogP contribution in [0.4, 0.5) is 0 Å². The molecule has 0 spiro atoms. The number of hydrogen-bond acceptors (Lipinski definition) is 4. The van der Waals surface area contributed by atoms with Gasteiger partial charge in [-0.1, -0.05) is 18.1 Å². The van der Waals surface area contributed by atoms with Gasteiger partial charge in [-0.25, -0.2) is 4.98 Å². The number of carbonyl (C=O) groups is 1. The molecule has 3 heterocycles. The number of fused-ring (bicyclic) bond motifs is 1. The van der Waals surface area contributed by atoms with E-state index in [0.717, 1.165) is 47.4 Å². The van der Waals surface area contributed by atoms with E-state index in [9.17, 15) is 4.79 Å². The van der Waals surface area contributed by atoms with E-state index in [0.29, 0.717) is 12.1 Å². The molecule has 1 N–H and O–H groups in total. The summed E-state index contributed by atoms with van der Waals surface area (Å²) in [4.78, 5) is 20.2. The Morgan fingerprint density at radius 2 is 2.04 bits per heavy atom. The van der Waals surface area contributed by atoms with Crippen LogP contribution in [-0.4, -0.2) is 42.0 Å². The Labute approximate surface area is 164 Å². The number of benzene rings is 1. The number of thiophene rings is 1. The van der Waals surface area contributed by atoms with Crippen molar-refractivity contribution < 1.29 is 4.79 Å². The SMILES string of the molecule is Cc1ccc2nc(-c3ccsc3)cc(C(=O)NCCN3CCCCC3)c2c1. The van der Waals surface area contributed by atoms with Crippen molar-refractivity contribution in [2.24, 2.45) is 0 Å². The van der Waals surface area contributed by atoms with Crippen molar-refractivity contribution in [2.45, 2.75) is 26.2 Å². The number of hydrogen-bond donors (Lipinski definition) is 1. The largest absolute Gasteiger partial charge is 0.351 e. The van der Waals surface area contributed by atoms with E-state index in [2.05, 4.69) is 21.7 Å². The maximum atomic E-state index is 13.0. The van der Waals surface area contributed by atoms with Crippen LogP contribution in [-0.2, 0) is 0 Å². The minimum atomic E-state index is -0.0125. The third-order valence-electron chi connectivity index (χ3n) is 5.19. The summed E-state index contributed by atoms with van der Waals surface area (Å²) in [6, 6.07) is 10.1. The molecule has 27 heavy (non-hydrogen) atoms. The molecule has 0 radical (unpaired) electrons. The highest BCUT2D eigenvalue weighted by Crippen LogP contribution is 2.27. The van der Waals surface area contributed by atoms with E-state index in [1.807, 2.05) is 36.6 Å². The average Bonchev–Trinajstić information content (AvgIpc) is 3.23. The minimum absolute atomic E-state index is 0.0125. The standard InChI is InChI=1S/C22H25N3OS/c1-16-5-6-20-18(13-16)19(14-21(24-20)17-7-12-27-15-17)22(26)23-8-11-25-9-3-2-4-10-25/h5-7,12-15H,2-4,8-11H2,1H3,(H,23,26). The van der Waals surface area contributed by atoms with E-state index in [4.69, 9.17) is 4.98 Å². The van der Waals surface area contributed by atoms with Crippen molar-refractivity contribution in [3.8, 4) is 11.3 Å². The third-order valence-corrected chi connectivity index (χ3v) is 5.87. The number of piperidine rings is 1. The van der Waals surface area contributed by atoms with Crippen LogP contribution in [0.15, 0.2) is 41.1 Å². The summed E-state index contributed by atoms with van der Waals surface area (Å²) in [5.41, 5.74) is 4.63. The Morgan fingerprint density at radius 1 is 1.19 bits per heavy atom. The van der Waals surface area contributed by atoms with Crippen molar-refractivity contribution >= 4 is 28.1 Å². The van der Waals surface area contributed by atoms with E-state index >= 15 is 0 Å². The van der Waals surface area contributed by atoms with E-state index in [-0.39, 0.29) is 5.91 Å². The Balaban J connectivity index is 1.58. The zero-order valence-corrected chi connectivity index (χ0v) is 16.5. The highest BCUT2D eigenvalue weighted by Gasteiger charge is 2.15. The highest BCUT2D eigenvalue weighted by molar-refractivity contribution is 7.08. The second-order valence-electron chi connectivity index (χ2n) is 7.25. The van der Waals surface area contributed by atoms with Gasteiger partial charge in [0.2, 0.25) is 0 Å². The highest BCUT2D eigenvalue weighted by atomic mass is 32.1. The lowest BCUT2D eigenvalue weighted by Gasteiger charge is -2.26. The summed E-state index contributed by atoms with van der Waals surface area (Å²) in [7, 11) is 0. The lowest BCUT2D eigenvalue weighted by atomic mass is 10.0. The molecule has 0 unspecified atom stereocenters. The molecule has 3 aromatic rings. The van der Waals surface area contributed by atoms with Crippen LogP contribution in [0.1, 0.15) is 35.2 Å². The molecule has 140 valence electrons. The smallest absolute Gasteiger partial charge is 0.252 e. The Kier molecular flexibility index (Phi) is 5.50. The van der Waals surface area contributed by atoms with Crippen LogP contribution < -0.4 is 5.32 Å². The number of carbonyl (C=O) groups excluding carboxylic acids is 1. The van der Waals surface area contributed by atoms with Crippen LogP contribution >= 0.6 is 11.3 Å². The number of aryl methyl sites for hydroxylation is 1. The maximum absolute atomic E-state index is 13.0. The first-order valence-electron chi connectivity index (χ1n) is 9.65. The fourth-order valence-electron chi connectivity index (χ4n) is 3.69. The molecule has 1 saturated heterocycles. The lowest BCUT2D eigenvalue weighted by Crippen LogP contribution is -2.37. The third kappa shape index (κ3) is 4.20. The van der Waals surface area contributed by atoms with E-state index in [1.54, 1.807) is 11.3 Å². The number of nitrogens with one attached hydrogen (secondary N) is 1. The summed E-state index contributed by atoms with van der Waals surface area (Å²) < 4.78 is 0. The van der Waals surface area contributed by atoms with Gasteiger partial charge in [-0.05, 0) is 62.5 Å². The van der Waals surface area contributed by atoms with Gasteiger partial charge in [-0.15, -0.1) is 0 Å². The number of aromatic nitrogens is 1. The molecule has 2 aromatic heterocycles. The Hall–Kier alpha value is -2.24. The number of rotatable bonds is 5. The molecular weight excluding hydrogens is 354 g/mol. The summed E-state index contributed by atoms with van der Waals surface area (Å²) in [6.45, 7) is 5.95. The first-order valence-corrected chi connectivity index (χ1v) is 10.6. The molecule has 1 aliphatic heterocycles. The molecular formula is C22H25N3OS.